The van der Waals surface area contributed by atoms with Crippen molar-refractivity contribution in [3.05, 3.63) is 90.0 Å². The van der Waals surface area contributed by atoms with Crippen molar-refractivity contribution in [2.75, 3.05) is 6.54 Å². The number of hydrogen-bond acceptors (Lipinski definition) is 5. The highest BCUT2D eigenvalue weighted by Gasteiger charge is 2.45. The average molecular weight is 592 g/mol. The highest BCUT2D eigenvalue weighted by molar-refractivity contribution is 7.89. The minimum Gasteiger partial charge on any atom is -0.490 e. The molecular weight excluding hydrogens is 562 g/mol. The zero-order chi connectivity index (χ0) is 28.6. The van der Waals surface area contributed by atoms with Gasteiger partial charge in [-0.3, -0.25) is 4.79 Å². The van der Waals surface area contributed by atoms with E-state index in [1.54, 1.807) is 30.3 Å². The summed E-state index contributed by atoms with van der Waals surface area (Å²) >= 11 is 6.42. The molecule has 2 atom stereocenters. The smallest absolute Gasteiger partial charge is 0.322 e. The first-order valence-electron chi connectivity index (χ1n) is 13.7. The SMILES string of the molecule is O=C(O)[C@@H]1C[C@@H](Oc2ccc(Cl)c(-c3ccccc3)c2)CN1S(=O)(=O)c1ccc2cc(OC3CCCC3)ccc2c1. The molecule has 2 aliphatic rings. The van der Waals surface area contributed by atoms with Gasteiger partial charge in [-0.25, -0.2) is 8.42 Å². The highest BCUT2D eigenvalue weighted by Crippen LogP contribution is 2.35. The summed E-state index contributed by atoms with van der Waals surface area (Å²) in [4.78, 5) is 12.2. The molecule has 0 radical (unpaired) electrons. The van der Waals surface area contributed by atoms with Crippen LogP contribution in [0.15, 0.2) is 89.8 Å². The fraction of sp³-hybridized carbons (Fsp3) is 0.281. The fourth-order valence-electron chi connectivity index (χ4n) is 5.72. The molecule has 41 heavy (non-hydrogen) atoms. The largest absolute Gasteiger partial charge is 0.490 e. The molecule has 0 unspecified atom stereocenters. The molecule has 1 aliphatic heterocycles. The third kappa shape index (κ3) is 5.77. The molecular formula is C32H30ClNO6S. The molecule has 6 rings (SSSR count). The van der Waals surface area contributed by atoms with E-state index in [-0.39, 0.29) is 24.0 Å². The maximum atomic E-state index is 13.7. The summed E-state index contributed by atoms with van der Waals surface area (Å²) < 4.78 is 40.7. The molecule has 1 saturated heterocycles. The second-order valence-electron chi connectivity index (χ2n) is 10.6. The van der Waals surface area contributed by atoms with Gasteiger partial charge in [0.2, 0.25) is 10.0 Å². The van der Waals surface area contributed by atoms with Crippen LogP contribution in [0.25, 0.3) is 21.9 Å². The van der Waals surface area contributed by atoms with Crippen molar-refractivity contribution in [2.24, 2.45) is 0 Å². The molecule has 1 aliphatic carbocycles. The van der Waals surface area contributed by atoms with Gasteiger partial charge in [0.05, 0.1) is 17.5 Å². The highest BCUT2D eigenvalue weighted by atomic mass is 35.5. The van der Waals surface area contributed by atoms with Gasteiger partial charge in [-0.2, -0.15) is 4.31 Å². The van der Waals surface area contributed by atoms with Gasteiger partial charge in [0.1, 0.15) is 23.6 Å². The lowest BCUT2D eigenvalue weighted by atomic mass is 10.1. The first-order chi connectivity index (χ1) is 19.8. The van der Waals surface area contributed by atoms with Crippen LogP contribution in [0.4, 0.5) is 0 Å². The Morgan fingerprint density at radius 3 is 2.24 bits per heavy atom. The summed E-state index contributed by atoms with van der Waals surface area (Å²) in [6, 6.07) is 24.0. The van der Waals surface area contributed by atoms with Crippen LogP contribution in [0.2, 0.25) is 5.02 Å². The van der Waals surface area contributed by atoms with Crippen LogP contribution < -0.4 is 9.47 Å². The van der Waals surface area contributed by atoms with E-state index in [2.05, 4.69) is 0 Å². The van der Waals surface area contributed by atoms with Crippen molar-refractivity contribution in [3.63, 3.8) is 0 Å². The Balaban J connectivity index is 1.22. The standard InChI is InChI=1S/C32H30ClNO6S/c33-30-15-13-26(18-29(30)21-6-2-1-3-7-21)40-27-19-31(32(35)36)34(20-27)41(37,38)28-14-11-22-16-25(12-10-23(22)17-28)39-24-8-4-5-9-24/h1-3,6-7,10-18,24,27,31H,4-5,8-9,19-20H2,(H,35,36)/t27-,31+/m1/s1. The van der Waals surface area contributed by atoms with E-state index >= 15 is 0 Å². The quantitative estimate of drug-likeness (QED) is 0.243. The Morgan fingerprint density at radius 2 is 1.49 bits per heavy atom. The average Bonchev–Trinajstić information content (AvgIpc) is 3.65. The van der Waals surface area contributed by atoms with Crippen molar-refractivity contribution in [1.29, 1.82) is 0 Å². The topological polar surface area (TPSA) is 93.1 Å². The fourth-order valence-corrected chi connectivity index (χ4v) is 7.61. The van der Waals surface area contributed by atoms with Gasteiger partial charge < -0.3 is 14.6 Å². The molecule has 0 spiro atoms. The minimum atomic E-state index is -4.12. The van der Waals surface area contributed by atoms with Crippen molar-refractivity contribution >= 4 is 38.4 Å². The van der Waals surface area contributed by atoms with Crippen LogP contribution in [0.3, 0.4) is 0 Å². The van der Waals surface area contributed by atoms with Crippen molar-refractivity contribution in [1.82, 2.24) is 4.31 Å². The third-order valence-electron chi connectivity index (χ3n) is 7.82. The summed E-state index contributed by atoms with van der Waals surface area (Å²) in [5.74, 6) is 0.0429. The molecule has 4 aromatic carbocycles. The van der Waals surface area contributed by atoms with E-state index < -0.39 is 28.1 Å². The molecule has 1 saturated carbocycles. The second-order valence-corrected chi connectivity index (χ2v) is 12.9. The normalized spacial score (nSPS) is 19.9. The number of sulfonamides is 1. The Hall–Kier alpha value is -3.59. The molecule has 2 fully saturated rings. The van der Waals surface area contributed by atoms with Crippen molar-refractivity contribution in [3.8, 4) is 22.6 Å². The van der Waals surface area contributed by atoms with Crippen LogP contribution in [0.5, 0.6) is 11.5 Å². The molecule has 1 heterocycles. The van der Waals surface area contributed by atoms with Crippen LogP contribution in [0, 0.1) is 0 Å². The van der Waals surface area contributed by atoms with E-state index in [1.165, 1.54) is 18.9 Å². The Labute approximate surface area is 244 Å². The van der Waals surface area contributed by atoms with E-state index in [9.17, 15) is 18.3 Å². The molecule has 212 valence electrons. The number of hydrogen-bond donors (Lipinski definition) is 1. The van der Waals surface area contributed by atoms with Crippen LogP contribution in [-0.2, 0) is 14.8 Å². The maximum absolute atomic E-state index is 13.7. The predicted octanol–water partition coefficient (Wildman–Crippen LogP) is 6.78. The third-order valence-corrected chi connectivity index (χ3v) is 10.0. The number of carboxylic acid groups (broad SMARTS) is 1. The number of benzene rings is 4. The summed E-state index contributed by atoms with van der Waals surface area (Å²) in [5.41, 5.74) is 1.69. The lowest BCUT2D eigenvalue weighted by Gasteiger charge is -2.21. The van der Waals surface area contributed by atoms with Gasteiger partial charge in [-0.15, -0.1) is 0 Å². The van der Waals surface area contributed by atoms with Crippen LogP contribution in [-0.4, -0.2) is 48.6 Å². The van der Waals surface area contributed by atoms with Gasteiger partial charge in [-0.1, -0.05) is 54.1 Å². The monoisotopic (exact) mass is 591 g/mol. The number of ether oxygens (including phenoxy) is 2. The minimum absolute atomic E-state index is 0.0211. The van der Waals surface area contributed by atoms with E-state index in [4.69, 9.17) is 21.1 Å². The molecule has 1 N–H and O–H groups in total. The summed E-state index contributed by atoms with van der Waals surface area (Å²) in [7, 11) is -4.12. The molecule has 0 bridgehead atoms. The zero-order valence-electron chi connectivity index (χ0n) is 22.3. The van der Waals surface area contributed by atoms with Crippen LogP contribution in [0.1, 0.15) is 32.1 Å². The Bertz CT molecular complexity index is 1690. The molecule has 9 heteroatoms. The first kappa shape index (κ1) is 27.6. The van der Waals surface area contributed by atoms with Crippen LogP contribution >= 0.6 is 11.6 Å². The Morgan fingerprint density at radius 1 is 0.829 bits per heavy atom. The second kappa shape index (κ2) is 11.4. The maximum Gasteiger partial charge on any atom is 0.322 e. The lowest BCUT2D eigenvalue weighted by Crippen LogP contribution is -2.40. The predicted molar refractivity (Wildman–Crippen MR) is 158 cm³/mol. The summed E-state index contributed by atoms with van der Waals surface area (Å²) in [6.07, 6.45) is 4.04. The van der Waals surface area contributed by atoms with E-state index in [0.717, 1.165) is 44.8 Å². The number of fused-ring (bicyclic) bond motifs is 1. The lowest BCUT2D eigenvalue weighted by molar-refractivity contribution is -0.140. The number of carbonyl (C=O) groups is 1. The van der Waals surface area contributed by atoms with Gasteiger partial charge in [0.25, 0.3) is 0 Å². The van der Waals surface area contributed by atoms with Gasteiger partial charge in [-0.05, 0) is 84.5 Å². The van der Waals surface area contributed by atoms with Gasteiger partial charge >= 0.3 is 5.97 Å². The van der Waals surface area contributed by atoms with E-state index in [0.29, 0.717) is 10.8 Å². The summed E-state index contributed by atoms with van der Waals surface area (Å²) in [5, 5.41) is 12.1. The Kier molecular flexibility index (Phi) is 7.64. The molecule has 0 amide bonds. The molecule has 0 aromatic heterocycles. The zero-order valence-corrected chi connectivity index (χ0v) is 23.9. The number of rotatable bonds is 8. The summed E-state index contributed by atoms with van der Waals surface area (Å²) in [6.45, 7) is -0.0885. The molecule has 4 aromatic rings. The van der Waals surface area contributed by atoms with E-state index in [1.807, 2.05) is 48.5 Å². The number of carboxylic acids is 1. The number of nitrogens with zero attached hydrogens (tertiary/aromatic N) is 1. The number of aliphatic carboxylic acids is 1. The number of halogens is 1. The van der Waals surface area contributed by atoms with Crippen molar-refractivity contribution < 1.29 is 27.8 Å². The van der Waals surface area contributed by atoms with Crippen molar-refractivity contribution in [2.45, 2.75) is 55.2 Å². The first-order valence-corrected chi connectivity index (χ1v) is 15.6. The van der Waals surface area contributed by atoms with Gasteiger partial charge in [0, 0.05) is 17.0 Å². The molecule has 7 nitrogen and oxygen atoms in total. The van der Waals surface area contributed by atoms with Gasteiger partial charge in [0.15, 0.2) is 0 Å².